The summed E-state index contributed by atoms with van der Waals surface area (Å²) in [5.41, 5.74) is 0. The minimum atomic E-state index is 0.716. The summed E-state index contributed by atoms with van der Waals surface area (Å²) in [4.78, 5) is 4.34. The number of hydrogen-bond donors (Lipinski definition) is 1. The number of methoxy groups -OCH3 is 1. The first kappa shape index (κ1) is 12.8. The molecular formula is C12H19N5O. The summed E-state index contributed by atoms with van der Waals surface area (Å²) < 4.78 is 9.05. The van der Waals surface area contributed by atoms with Crippen LogP contribution >= 0.6 is 0 Å². The third kappa shape index (κ3) is 3.68. The van der Waals surface area contributed by atoms with Gasteiger partial charge in [-0.05, 0) is 6.07 Å². The fourth-order valence-electron chi connectivity index (χ4n) is 1.73. The van der Waals surface area contributed by atoms with Crippen molar-refractivity contribution in [3.8, 4) is 0 Å². The van der Waals surface area contributed by atoms with Crippen molar-refractivity contribution in [3.05, 3.63) is 36.7 Å². The van der Waals surface area contributed by atoms with Gasteiger partial charge in [-0.25, -0.2) is 4.98 Å². The normalized spacial score (nSPS) is 10.9. The molecule has 0 aliphatic carbocycles. The Balaban J connectivity index is 1.79. The number of nitrogens with zero attached hydrogens (tertiary/aromatic N) is 4. The first-order chi connectivity index (χ1) is 8.90. The molecule has 0 fully saturated rings. The van der Waals surface area contributed by atoms with Gasteiger partial charge < -0.3 is 14.6 Å². The van der Waals surface area contributed by atoms with Crippen LogP contribution in [0.5, 0.6) is 0 Å². The highest BCUT2D eigenvalue weighted by atomic mass is 16.5. The van der Waals surface area contributed by atoms with Crippen LogP contribution in [-0.2, 0) is 24.4 Å². The Morgan fingerprint density at radius 2 is 2.22 bits per heavy atom. The average molecular weight is 249 g/mol. The highest BCUT2D eigenvalue weighted by Crippen LogP contribution is 1.98. The van der Waals surface area contributed by atoms with E-state index >= 15 is 0 Å². The molecule has 0 aromatic carbocycles. The molecule has 0 atom stereocenters. The summed E-state index contributed by atoms with van der Waals surface area (Å²) in [6.45, 7) is 4.05. The Labute approximate surface area is 107 Å². The molecule has 0 saturated heterocycles. The van der Waals surface area contributed by atoms with E-state index in [1.165, 1.54) is 0 Å². The predicted octanol–water partition coefficient (Wildman–Crippen LogP) is 0.516. The standard InChI is InChI=1S/C12H19N5O/c1-18-10-5-13-11-12-14-4-7-16(12)8-9-17-6-2-3-15-17/h2-4,6-7,13H,5,8-11H2,1H3. The molecule has 0 spiro atoms. The zero-order valence-corrected chi connectivity index (χ0v) is 10.6. The van der Waals surface area contributed by atoms with Crippen LogP contribution in [0.1, 0.15) is 5.82 Å². The lowest BCUT2D eigenvalue weighted by atomic mass is 10.5. The maximum atomic E-state index is 4.99. The van der Waals surface area contributed by atoms with Crippen LogP contribution in [0.15, 0.2) is 30.9 Å². The molecule has 6 heteroatoms. The zero-order chi connectivity index (χ0) is 12.6. The molecule has 18 heavy (non-hydrogen) atoms. The first-order valence-corrected chi connectivity index (χ1v) is 6.07. The molecule has 2 rings (SSSR count). The minimum absolute atomic E-state index is 0.716. The van der Waals surface area contributed by atoms with Crippen LogP contribution in [0.3, 0.4) is 0 Å². The van der Waals surface area contributed by atoms with Crippen LogP contribution in [-0.4, -0.2) is 39.6 Å². The lowest BCUT2D eigenvalue weighted by Gasteiger charge is -2.08. The summed E-state index contributed by atoms with van der Waals surface area (Å²) in [5, 5.41) is 7.47. The number of ether oxygens (including phenoxy) is 1. The third-order valence-electron chi connectivity index (χ3n) is 2.70. The molecule has 2 heterocycles. The van der Waals surface area contributed by atoms with Gasteiger partial charge in [0.25, 0.3) is 0 Å². The molecule has 6 nitrogen and oxygen atoms in total. The second-order valence-electron chi connectivity index (χ2n) is 3.98. The second kappa shape index (κ2) is 6.93. The highest BCUT2D eigenvalue weighted by molar-refractivity contribution is 4.92. The van der Waals surface area contributed by atoms with E-state index in [0.717, 1.165) is 32.0 Å². The fraction of sp³-hybridized carbons (Fsp3) is 0.500. The van der Waals surface area contributed by atoms with Crippen molar-refractivity contribution < 1.29 is 4.74 Å². The van der Waals surface area contributed by atoms with Crippen LogP contribution < -0.4 is 5.32 Å². The Kier molecular flexibility index (Phi) is 4.92. The van der Waals surface area contributed by atoms with E-state index in [4.69, 9.17) is 4.74 Å². The summed E-state index contributed by atoms with van der Waals surface area (Å²) in [6, 6.07) is 1.93. The van der Waals surface area contributed by atoms with Crippen molar-refractivity contribution in [1.82, 2.24) is 24.6 Å². The van der Waals surface area contributed by atoms with Gasteiger partial charge in [0, 0.05) is 45.0 Å². The Hall–Kier alpha value is -1.66. The number of imidazole rings is 1. The Morgan fingerprint density at radius 1 is 1.28 bits per heavy atom. The molecule has 98 valence electrons. The molecule has 0 amide bonds. The first-order valence-electron chi connectivity index (χ1n) is 6.07. The monoisotopic (exact) mass is 249 g/mol. The van der Waals surface area contributed by atoms with E-state index in [2.05, 4.69) is 20.0 Å². The lowest BCUT2D eigenvalue weighted by molar-refractivity contribution is 0.198. The fourth-order valence-corrected chi connectivity index (χ4v) is 1.73. The van der Waals surface area contributed by atoms with Gasteiger partial charge in [-0.3, -0.25) is 4.68 Å². The molecule has 1 N–H and O–H groups in total. The maximum absolute atomic E-state index is 4.99. The van der Waals surface area contributed by atoms with Crippen LogP contribution in [0, 0.1) is 0 Å². The zero-order valence-electron chi connectivity index (χ0n) is 10.6. The molecule has 2 aromatic heterocycles. The van der Waals surface area contributed by atoms with Crippen molar-refractivity contribution in [2.45, 2.75) is 19.6 Å². The van der Waals surface area contributed by atoms with Gasteiger partial charge in [-0.15, -0.1) is 0 Å². The van der Waals surface area contributed by atoms with Gasteiger partial charge in [0.2, 0.25) is 0 Å². The van der Waals surface area contributed by atoms with Crippen LogP contribution in [0.2, 0.25) is 0 Å². The van der Waals surface area contributed by atoms with Crippen molar-refractivity contribution in [2.75, 3.05) is 20.3 Å². The van der Waals surface area contributed by atoms with Gasteiger partial charge in [0.05, 0.1) is 19.7 Å². The van der Waals surface area contributed by atoms with Crippen LogP contribution in [0.4, 0.5) is 0 Å². The van der Waals surface area contributed by atoms with E-state index in [0.29, 0.717) is 6.61 Å². The lowest BCUT2D eigenvalue weighted by Crippen LogP contribution is -2.21. The van der Waals surface area contributed by atoms with E-state index in [9.17, 15) is 0 Å². The predicted molar refractivity (Wildman–Crippen MR) is 68.0 cm³/mol. The molecule has 0 saturated carbocycles. The molecule has 0 unspecified atom stereocenters. The molecule has 0 bridgehead atoms. The van der Waals surface area contributed by atoms with E-state index in [1.54, 1.807) is 13.3 Å². The van der Waals surface area contributed by atoms with E-state index in [1.807, 2.05) is 29.3 Å². The largest absolute Gasteiger partial charge is 0.383 e. The maximum Gasteiger partial charge on any atom is 0.122 e. The summed E-state index contributed by atoms with van der Waals surface area (Å²) in [5.74, 6) is 1.04. The minimum Gasteiger partial charge on any atom is -0.383 e. The van der Waals surface area contributed by atoms with Gasteiger partial charge in [0.15, 0.2) is 0 Å². The summed E-state index contributed by atoms with van der Waals surface area (Å²) in [6.07, 6.45) is 7.59. The highest BCUT2D eigenvalue weighted by Gasteiger charge is 2.02. The van der Waals surface area contributed by atoms with Gasteiger partial charge in [-0.1, -0.05) is 0 Å². The topological polar surface area (TPSA) is 56.9 Å². The number of aromatic nitrogens is 4. The quantitative estimate of drug-likeness (QED) is 0.693. The van der Waals surface area contributed by atoms with Gasteiger partial charge in [0.1, 0.15) is 5.82 Å². The van der Waals surface area contributed by atoms with E-state index in [-0.39, 0.29) is 0 Å². The smallest absolute Gasteiger partial charge is 0.122 e. The number of aryl methyl sites for hydroxylation is 2. The third-order valence-corrected chi connectivity index (χ3v) is 2.70. The van der Waals surface area contributed by atoms with Gasteiger partial charge in [-0.2, -0.15) is 5.10 Å². The van der Waals surface area contributed by atoms with E-state index < -0.39 is 0 Å². The number of nitrogens with one attached hydrogen (secondary N) is 1. The molecule has 0 aliphatic heterocycles. The SMILES string of the molecule is COCCNCc1nccn1CCn1cccn1. The van der Waals surface area contributed by atoms with Crippen molar-refractivity contribution in [1.29, 1.82) is 0 Å². The molecule has 0 aliphatic rings. The Morgan fingerprint density at radius 3 is 3.00 bits per heavy atom. The summed E-state index contributed by atoms with van der Waals surface area (Å²) in [7, 11) is 1.70. The summed E-state index contributed by atoms with van der Waals surface area (Å²) >= 11 is 0. The molecule has 2 aromatic rings. The van der Waals surface area contributed by atoms with Crippen molar-refractivity contribution in [3.63, 3.8) is 0 Å². The number of hydrogen-bond acceptors (Lipinski definition) is 4. The number of rotatable bonds is 8. The van der Waals surface area contributed by atoms with Crippen molar-refractivity contribution in [2.24, 2.45) is 0 Å². The second-order valence-corrected chi connectivity index (χ2v) is 3.98. The van der Waals surface area contributed by atoms with Gasteiger partial charge >= 0.3 is 0 Å². The van der Waals surface area contributed by atoms with Crippen LogP contribution in [0.25, 0.3) is 0 Å². The molecule has 0 radical (unpaired) electrons. The average Bonchev–Trinajstić information content (AvgIpc) is 3.03. The Bertz CT molecular complexity index is 437. The van der Waals surface area contributed by atoms with Crippen molar-refractivity contribution >= 4 is 0 Å². The molecular weight excluding hydrogens is 230 g/mol.